The minimum absolute atomic E-state index is 0.0287. The number of carbonyl (C=O) groups is 1. The number of hydrogen-bond acceptors (Lipinski definition) is 4. The smallest absolute Gasteiger partial charge is 0.348 e. The summed E-state index contributed by atoms with van der Waals surface area (Å²) < 4.78 is 1.44. The fraction of sp³-hybridized carbons (Fsp3) is 0.450. The van der Waals surface area contributed by atoms with Crippen LogP contribution >= 0.6 is 0 Å². The molecule has 2 aromatic rings. The van der Waals surface area contributed by atoms with E-state index in [1.807, 2.05) is 42.2 Å². The highest BCUT2D eigenvalue weighted by atomic mass is 16.3. The Morgan fingerprint density at radius 2 is 1.92 bits per heavy atom. The number of carbonyl (C=O) groups excluding carboxylic acids is 1. The first-order valence-electron chi connectivity index (χ1n) is 8.98. The molecule has 1 aromatic carbocycles. The standard InChI is InChI=1S/C20H25N3O3/c1-14-9-15(2)23(20(26)21-14)12-19(25)22-8-7-18(11-22)10-16-3-5-17(13-24)6-4-16/h3-6,9,18,24H,7-8,10-13H2,1-2H3. The lowest BCUT2D eigenvalue weighted by Crippen LogP contribution is -2.36. The maximum Gasteiger partial charge on any atom is 0.348 e. The minimum Gasteiger partial charge on any atom is -0.392 e. The van der Waals surface area contributed by atoms with E-state index in [1.54, 1.807) is 6.92 Å². The monoisotopic (exact) mass is 355 g/mol. The van der Waals surface area contributed by atoms with E-state index in [4.69, 9.17) is 5.11 Å². The zero-order chi connectivity index (χ0) is 18.7. The molecule has 0 bridgehead atoms. The number of aryl methyl sites for hydroxylation is 2. The Bertz CT molecular complexity index is 842. The number of likely N-dealkylation sites (tertiary alicyclic amines) is 1. The van der Waals surface area contributed by atoms with Crippen LogP contribution in [-0.4, -0.2) is 38.6 Å². The number of benzene rings is 1. The van der Waals surface area contributed by atoms with Crippen LogP contribution in [-0.2, 0) is 24.4 Å². The lowest BCUT2D eigenvalue weighted by Gasteiger charge is -2.18. The SMILES string of the molecule is Cc1cc(C)n(CC(=O)N2CCC(Cc3ccc(CO)cc3)C2)c(=O)n1. The molecule has 1 amide bonds. The summed E-state index contributed by atoms with van der Waals surface area (Å²) in [5, 5.41) is 9.11. The summed E-state index contributed by atoms with van der Waals surface area (Å²) in [6.45, 7) is 5.15. The normalized spacial score (nSPS) is 16.9. The largest absolute Gasteiger partial charge is 0.392 e. The second-order valence-corrected chi connectivity index (χ2v) is 7.08. The molecule has 6 heteroatoms. The Kier molecular flexibility index (Phi) is 5.52. The molecule has 0 radical (unpaired) electrons. The lowest BCUT2D eigenvalue weighted by molar-refractivity contribution is -0.131. The predicted octanol–water partition coefficient (Wildman–Crippen LogP) is 1.44. The average molecular weight is 355 g/mol. The molecule has 1 unspecified atom stereocenters. The Balaban J connectivity index is 1.59. The number of hydrogen-bond donors (Lipinski definition) is 1. The van der Waals surface area contributed by atoms with E-state index < -0.39 is 0 Å². The fourth-order valence-corrected chi connectivity index (χ4v) is 3.54. The number of aliphatic hydroxyl groups is 1. The van der Waals surface area contributed by atoms with Gasteiger partial charge in [0.15, 0.2) is 0 Å². The van der Waals surface area contributed by atoms with E-state index in [-0.39, 0.29) is 24.7 Å². The molecule has 1 fully saturated rings. The van der Waals surface area contributed by atoms with E-state index >= 15 is 0 Å². The Labute approximate surface area is 153 Å². The third kappa shape index (κ3) is 4.19. The molecular weight excluding hydrogens is 330 g/mol. The van der Waals surface area contributed by atoms with E-state index in [9.17, 15) is 9.59 Å². The van der Waals surface area contributed by atoms with Crippen LogP contribution in [0.3, 0.4) is 0 Å². The first-order chi connectivity index (χ1) is 12.5. The van der Waals surface area contributed by atoms with Crippen molar-refractivity contribution >= 4 is 5.91 Å². The van der Waals surface area contributed by atoms with E-state index in [2.05, 4.69) is 4.98 Å². The van der Waals surface area contributed by atoms with Crippen molar-refractivity contribution in [1.82, 2.24) is 14.5 Å². The van der Waals surface area contributed by atoms with Gasteiger partial charge in [0.1, 0.15) is 6.54 Å². The minimum atomic E-state index is -0.365. The number of nitrogens with zero attached hydrogens (tertiary/aromatic N) is 3. The van der Waals surface area contributed by atoms with Crippen molar-refractivity contribution in [3.05, 3.63) is 63.3 Å². The van der Waals surface area contributed by atoms with Crippen molar-refractivity contribution in [3.63, 3.8) is 0 Å². The van der Waals surface area contributed by atoms with Crippen LogP contribution in [0.5, 0.6) is 0 Å². The number of aliphatic hydroxyl groups excluding tert-OH is 1. The molecule has 0 spiro atoms. The van der Waals surface area contributed by atoms with Gasteiger partial charge in [0.05, 0.1) is 6.61 Å². The number of amides is 1. The number of rotatable bonds is 5. The Hall–Kier alpha value is -2.47. The maximum atomic E-state index is 12.6. The zero-order valence-corrected chi connectivity index (χ0v) is 15.3. The molecule has 0 saturated carbocycles. The summed E-state index contributed by atoms with van der Waals surface area (Å²) in [6, 6.07) is 9.77. The summed E-state index contributed by atoms with van der Waals surface area (Å²) in [6.07, 6.45) is 1.88. The molecule has 138 valence electrons. The van der Waals surface area contributed by atoms with Gasteiger partial charge in [-0.2, -0.15) is 4.98 Å². The average Bonchev–Trinajstić information content (AvgIpc) is 3.07. The molecule has 1 aliphatic heterocycles. The van der Waals surface area contributed by atoms with Crippen molar-refractivity contribution in [1.29, 1.82) is 0 Å². The van der Waals surface area contributed by atoms with Crippen LogP contribution in [0.4, 0.5) is 0 Å². The first-order valence-corrected chi connectivity index (χ1v) is 8.98. The summed E-state index contributed by atoms with van der Waals surface area (Å²) >= 11 is 0. The third-order valence-electron chi connectivity index (χ3n) is 5.01. The molecule has 3 rings (SSSR count). The van der Waals surface area contributed by atoms with Gasteiger partial charge in [0.2, 0.25) is 5.91 Å². The zero-order valence-electron chi connectivity index (χ0n) is 15.3. The molecule has 2 heterocycles. The van der Waals surface area contributed by atoms with Gasteiger partial charge < -0.3 is 10.0 Å². The van der Waals surface area contributed by atoms with Crippen molar-refractivity contribution in [2.45, 2.75) is 39.8 Å². The van der Waals surface area contributed by atoms with Gasteiger partial charge >= 0.3 is 5.69 Å². The van der Waals surface area contributed by atoms with Crippen LogP contribution < -0.4 is 5.69 Å². The molecule has 1 saturated heterocycles. The van der Waals surface area contributed by atoms with Crippen LogP contribution in [0.25, 0.3) is 0 Å². The number of aromatic nitrogens is 2. The topological polar surface area (TPSA) is 75.4 Å². The summed E-state index contributed by atoms with van der Waals surface area (Å²) in [7, 11) is 0. The lowest BCUT2D eigenvalue weighted by atomic mass is 9.98. The Morgan fingerprint density at radius 1 is 1.23 bits per heavy atom. The van der Waals surface area contributed by atoms with Crippen molar-refractivity contribution in [3.8, 4) is 0 Å². The quantitative estimate of drug-likeness (QED) is 0.881. The molecule has 1 aliphatic rings. The van der Waals surface area contributed by atoms with Crippen molar-refractivity contribution in [2.75, 3.05) is 13.1 Å². The summed E-state index contributed by atoms with van der Waals surface area (Å²) in [5.74, 6) is 0.395. The summed E-state index contributed by atoms with van der Waals surface area (Å²) in [5.41, 5.74) is 3.19. The molecule has 1 atom stereocenters. The van der Waals surface area contributed by atoms with Gasteiger partial charge in [0, 0.05) is 24.5 Å². The molecule has 6 nitrogen and oxygen atoms in total. The van der Waals surface area contributed by atoms with Gasteiger partial charge in [-0.25, -0.2) is 4.79 Å². The van der Waals surface area contributed by atoms with Crippen molar-refractivity contribution in [2.24, 2.45) is 5.92 Å². The van der Waals surface area contributed by atoms with Crippen molar-refractivity contribution < 1.29 is 9.90 Å². The predicted molar refractivity (Wildman–Crippen MR) is 98.7 cm³/mol. The van der Waals surface area contributed by atoms with Gasteiger partial charge in [-0.1, -0.05) is 24.3 Å². The second-order valence-electron chi connectivity index (χ2n) is 7.08. The van der Waals surface area contributed by atoms with E-state index in [1.165, 1.54) is 10.1 Å². The highest BCUT2D eigenvalue weighted by molar-refractivity contribution is 5.76. The molecule has 1 N–H and O–H groups in total. The highest BCUT2D eigenvalue weighted by Crippen LogP contribution is 2.21. The summed E-state index contributed by atoms with van der Waals surface area (Å²) in [4.78, 5) is 30.4. The third-order valence-corrected chi connectivity index (χ3v) is 5.01. The first kappa shape index (κ1) is 18.3. The molecule has 1 aromatic heterocycles. The molecular formula is C20H25N3O3. The second kappa shape index (κ2) is 7.83. The van der Waals surface area contributed by atoms with Crippen LogP contribution in [0.1, 0.15) is 28.9 Å². The van der Waals surface area contributed by atoms with Gasteiger partial charge in [-0.15, -0.1) is 0 Å². The molecule has 26 heavy (non-hydrogen) atoms. The Morgan fingerprint density at radius 3 is 2.58 bits per heavy atom. The highest BCUT2D eigenvalue weighted by Gasteiger charge is 2.26. The van der Waals surface area contributed by atoms with Crippen LogP contribution in [0.2, 0.25) is 0 Å². The molecule has 0 aliphatic carbocycles. The van der Waals surface area contributed by atoms with Crippen LogP contribution in [0.15, 0.2) is 35.1 Å². The maximum absolute atomic E-state index is 12.6. The van der Waals surface area contributed by atoms with Gasteiger partial charge in [-0.3, -0.25) is 9.36 Å². The van der Waals surface area contributed by atoms with E-state index in [0.29, 0.717) is 18.2 Å². The van der Waals surface area contributed by atoms with E-state index in [0.717, 1.165) is 30.6 Å². The van der Waals surface area contributed by atoms with Gasteiger partial charge in [-0.05, 0) is 49.8 Å². The fourth-order valence-electron chi connectivity index (χ4n) is 3.54. The van der Waals surface area contributed by atoms with Gasteiger partial charge in [0.25, 0.3) is 0 Å². The van der Waals surface area contributed by atoms with Crippen LogP contribution in [0, 0.1) is 19.8 Å².